The van der Waals surface area contributed by atoms with Crippen molar-refractivity contribution in [3.63, 3.8) is 0 Å². The highest BCUT2D eigenvalue weighted by molar-refractivity contribution is 5.80. The van der Waals surface area contributed by atoms with Crippen LogP contribution in [0, 0.1) is 27.2 Å². The third kappa shape index (κ3) is 4.29. The molecule has 0 radical (unpaired) electrons. The van der Waals surface area contributed by atoms with Gasteiger partial charge in [0.25, 0.3) is 5.69 Å². The van der Waals surface area contributed by atoms with Crippen molar-refractivity contribution in [3.8, 4) is 0 Å². The summed E-state index contributed by atoms with van der Waals surface area (Å²) in [6.07, 6.45) is -0.288. The quantitative estimate of drug-likeness (QED) is 0.435. The Hall–Kier alpha value is -3.38. The van der Waals surface area contributed by atoms with Crippen LogP contribution in [0.3, 0.4) is 0 Å². The fourth-order valence-electron chi connectivity index (χ4n) is 2.65. The zero-order valence-electron chi connectivity index (χ0n) is 15.1. The van der Waals surface area contributed by atoms with Gasteiger partial charge in [-0.1, -0.05) is 0 Å². The van der Waals surface area contributed by atoms with E-state index in [0.29, 0.717) is 0 Å². The molecule has 0 aliphatic rings. The Balaban J connectivity index is 2.13. The molecule has 12 heteroatoms. The minimum absolute atomic E-state index is 0.162. The molecule has 2 aromatic rings. The number of nitro benzene ring substituents is 1. The van der Waals surface area contributed by atoms with Crippen LogP contribution in [-0.4, -0.2) is 48.4 Å². The van der Waals surface area contributed by atoms with Crippen LogP contribution in [0.1, 0.15) is 30.3 Å². The molecule has 1 aromatic carbocycles. The molecule has 0 aliphatic carbocycles. The van der Waals surface area contributed by atoms with Crippen LogP contribution in [0.25, 0.3) is 0 Å². The number of rotatable bonds is 8. The van der Waals surface area contributed by atoms with E-state index in [2.05, 4.69) is 10.4 Å². The molecule has 1 aromatic heterocycles. The Labute approximate surface area is 158 Å². The van der Waals surface area contributed by atoms with E-state index in [0.717, 1.165) is 6.20 Å². The summed E-state index contributed by atoms with van der Waals surface area (Å²) in [6.45, 7) is 2.31. The van der Waals surface area contributed by atoms with Gasteiger partial charge in [-0.05, 0) is 31.5 Å². The molecule has 12 nitrogen and oxygen atoms in total. The van der Waals surface area contributed by atoms with Crippen molar-refractivity contribution in [1.29, 1.82) is 0 Å². The molecule has 0 bridgehead atoms. The van der Waals surface area contributed by atoms with Gasteiger partial charge in [0.15, 0.2) is 0 Å². The number of nitrogens with one attached hydrogen (secondary N) is 1. The van der Waals surface area contributed by atoms with Crippen molar-refractivity contribution in [2.24, 2.45) is 0 Å². The van der Waals surface area contributed by atoms with Crippen molar-refractivity contribution in [1.82, 2.24) is 15.1 Å². The smallest absolute Gasteiger partial charge is 0.309 e. The second kappa shape index (κ2) is 8.54. The number of benzene rings is 1. The third-order valence-corrected chi connectivity index (χ3v) is 4.31. The number of hydrogen-bond donors (Lipinski definition) is 3. The van der Waals surface area contributed by atoms with Gasteiger partial charge in [0.2, 0.25) is 5.91 Å². The Bertz CT molecular complexity index is 880. The standard InChI is InChI=1S/C16H19N5O7/c1-9-14(21(27)28)7-17-19(9)10(2)16(24)18-13(8-22)15(23)11-3-5-12(6-4-11)20(25)26/h3-7,10,13,15,22-23H,8H2,1-2H3,(H,18,24). The van der Waals surface area contributed by atoms with E-state index < -0.39 is 40.5 Å². The zero-order chi connectivity index (χ0) is 21.0. The summed E-state index contributed by atoms with van der Waals surface area (Å²) in [7, 11) is 0. The molecule has 3 unspecified atom stereocenters. The van der Waals surface area contributed by atoms with Gasteiger partial charge in [0.1, 0.15) is 24.0 Å². The first-order valence-electron chi connectivity index (χ1n) is 8.19. The molecule has 2 rings (SSSR count). The molecule has 0 fully saturated rings. The summed E-state index contributed by atoms with van der Waals surface area (Å²) in [5.41, 5.74) is 0.0572. The SMILES string of the molecule is Cc1c([N+](=O)[O-])cnn1C(C)C(=O)NC(CO)C(O)c1ccc([N+](=O)[O-])cc1. The van der Waals surface area contributed by atoms with E-state index in [-0.39, 0.29) is 22.6 Å². The number of carbonyl (C=O) groups is 1. The van der Waals surface area contributed by atoms with E-state index in [1.807, 2.05) is 0 Å². The van der Waals surface area contributed by atoms with E-state index in [1.165, 1.54) is 42.8 Å². The number of nitro groups is 2. The molecular weight excluding hydrogens is 374 g/mol. The van der Waals surface area contributed by atoms with Crippen molar-refractivity contribution < 1.29 is 24.9 Å². The highest BCUT2D eigenvalue weighted by Crippen LogP contribution is 2.22. The fourth-order valence-corrected chi connectivity index (χ4v) is 2.65. The van der Waals surface area contributed by atoms with E-state index in [1.54, 1.807) is 0 Å². The molecule has 0 saturated heterocycles. The van der Waals surface area contributed by atoms with Crippen LogP contribution >= 0.6 is 0 Å². The summed E-state index contributed by atoms with van der Waals surface area (Å²) in [4.78, 5) is 32.9. The summed E-state index contributed by atoms with van der Waals surface area (Å²) in [6, 6.07) is 3.01. The number of amides is 1. The van der Waals surface area contributed by atoms with Gasteiger partial charge in [-0.3, -0.25) is 29.7 Å². The predicted molar refractivity (Wildman–Crippen MR) is 95.4 cm³/mol. The monoisotopic (exact) mass is 393 g/mol. The van der Waals surface area contributed by atoms with Crippen LogP contribution in [0.15, 0.2) is 30.5 Å². The molecule has 3 N–H and O–H groups in total. The second-order valence-electron chi connectivity index (χ2n) is 6.08. The normalized spacial score (nSPS) is 14.1. The first-order valence-corrected chi connectivity index (χ1v) is 8.19. The second-order valence-corrected chi connectivity index (χ2v) is 6.08. The lowest BCUT2D eigenvalue weighted by Gasteiger charge is -2.24. The molecule has 28 heavy (non-hydrogen) atoms. The number of non-ortho nitro benzene ring substituents is 1. The van der Waals surface area contributed by atoms with Crippen LogP contribution in [0.2, 0.25) is 0 Å². The first kappa shape index (κ1) is 20.9. The average Bonchev–Trinajstić information content (AvgIpc) is 3.06. The van der Waals surface area contributed by atoms with E-state index in [9.17, 15) is 35.2 Å². The van der Waals surface area contributed by atoms with Crippen LogP contribution in [0.4, 0.5) is 11.4 Å². The van der Waals surface area contributed by atoms with Crippen molar-refractivity contribution in [3.05, 3.63) is 61.9 Å². The lowest BCUT2D eigenvalue weighted by Crippen LogP contribution is -2.44. The van der Waals surface area contributed by atoms with Gasteiger partial charge in [-0.2, -0.15) is 5.10 Å². The number of aliphatic hydroxyl groups is 2. The Morgan fingerprint density at radius 1 is 1.25 bits per heavy atom. The minimum Gasteiger partial charge on any atom is -0.394 e. The molecule has 1 heterocycles. The van der Waals surface area contributed by atoms with Crippen molar-refractivity contribution >= 4 is 17.3 Å². The van der Waals surface area contributed by atoms with Gasteiger partial charge in [0.05, 0.1) is 22.5 Å². The number of nitrogens with zero attached hydrogens (tertiary/aromatic N) is 4. The largest absolute Gasteiger partial charge is 0.394 e. The van der Waals surface area contributed by atoms with Gasteiger partial charge >= 0.3 is 5.69 Å². The molecular formula is C16H19N5O7. The number of aromatic nitrogens is 2. The molecule has 3 atom stereocenters. The Morgan fingerprint density at radius 3 is 2.32 bits per heavy atom. The van der Waals surface area contributed by atoms with Crippen molar-refractivity contribution in [2.75, 3.05) is 6.61 Å². The maximum absolute atomic E-state index is 12.5. The molecule has 1 amide bonds. The van der Waals surface area contributed by atoms with Crippen molar-refractivity contribution in [2.45, 2.75) is 32.0 Å². The Morgan fingerprint density at radius 2 is 1.86 bits per heavy atom. The van der Waals surface area contributed by atoms with E-state index >= 15 is 0 Å². The first-order chi connectivity index (χ1) is 13.2. The molecule has 150 valence electrons. The molecule has 0 aliphatic heterocycles. The maximum atomic E-state index is 12.5. The number of hydrogen-bond acceptors (Lipinski definition) is 8. The fraction of sp³-hybridized carbons (Fsp3) is 0.375. The summed E-state index contributed by atoms with van der Waals surface area (Å²) in [5, 5.41) is 47.8. The predicted octanol–water partition coefficient (Wildman–Crippen LogP) is 0.780. The zero-order valence-corrected chi connectivity index (χ0v) is 15.1. The molecule has 0 saturated carbocycles. The summed E-state index contributed by atoms with van der Waals surface area (Å²) < 4.78 is 1.17. The van der Waals surface area contributed by atoms with Gasteiger partial charge in [-0.15, -0.1) is 0 Å². The van der Waals surface area contributed by atoms with Crippen LogP contribution in [-0.2, 0) is 4.79 Å². The highest BCUT2D eigenvalue weighted by atomic mass is 16.6. The lowest BCUT2D eigenvalue weighted by atomic mass is 10.0. The summed E-state index contributed by atoms with van der Waals surface area (Å²) >= 11 is 0. The van der Waals surface area contributed by atoms with Crippen LogP contribution in [0.5, 0.6) is 0 Å². The van der Waals surface area contributed by atoms with Gasteiger partial charge < -0.3 is 15.5 Å². The average molecular weight is 393 g/mol. The maximum Gasteiger partial charge on any atom is 0.309 e. The lowest BCUT2D eigenvalue weighted by molar-refractivity contribution is -0.385. The number of carbonyl (C=O) groups excluding carboxylic acids is 1. The van der Waals surface area contributed by atoms with Gasteiger partial charge in [0, 0.05) is 12.1 Å². The molecule has 0 spiro atoms. The van der Waals surface area contributed by atoms with Crippen LogP contribution < -0.4 is 5.32 Å². The summed E-state index contributed by atoms with van der Waals surface area (Å²) in [5.74, 6) is -0.624. The highest BCUT2D eigenvalue weighted by Gasteiger charge is 2.28. The van der Waals surface area contributed by atoms with E-state index in [4.69, 9.17) is 0 Å². The topological polar surface area (TPSA) is 174 Å². The Kier molecular flexibility index (Phi) is 6.38. The number of aliphatic hydroxyl groups excluding tert-OH is 2. The minimum atomic E-state index is -1.32. The third-order valence-electron chi connectivity index (χ3n) is 4.31. The van der Waals surface area contributed by atoms with Gasteiger partial charge in [-0.25, -0.2) is 0 Å².